The highest BCUT2D eigenvalue weighted by molar-refractivity contribution is 7.92. The molecule has 0 bridgehead atoms. The molecule has 0 amide bonds. The minimum Gasteiger partial charge on any atom is -0.314 e. The standard InChI is InChI=1S/C8H17NO2S/c1-8(2,3)6-12(10,11)7-4-9-5-7/h7,9H,4-6H2,1-3H3. The summed E-state index contributed by atoms with van der Waals surface area (Å²) in [5, 5.41) is 2.85. The molecule has 1 N–H and O–H groups in total. The van der Waals surface area contributed by atoms with E-state index in [-0.39, 0.29) is 10.7 Å². The number of hydrogen-bond acceptors (Lipinski definition) is 3. The van der Waals surface area contributed by atoms with Crippen molar-refractivity contribution >= 4 is 9.84 Å². The number of sulfone groups is 1. The van der Waals surface area contributed by atoms with Crippen LogP contribution in [-0.2, 0) is 9.84 Å². The Hall–Kier alpha value is -0.0900. The largest absolute Gasteiger partial charge is 0.314 e. The van der Waals surface area contributed by atoms with Crippen LogP contribution in [0, 0.1) is 5.41 Å². The predicted molar refractivity (Wildman–Crippen MR) is 49.9 cm³/mol. The number of nitrogens with one attached hydrogen (secondary N) is 1. The molecule has 1 heterocycles. The van der Waals surface area contributed by atoms with Crippen molar-refractivity contribution < 1.29 is 8.42 Å². The molecular weight excluding hydrogens is 174 g/mol. The maximum Gasteiger partial charge on any atom is 0.156 e. The van der Waals surface area contributed by atoms with Crippen molar-refractivity contribution in [3.05, 3.63) is 0 Å². The van der Waals surface area contributed by atoms with E-state index in [2.05, 4.69) is 5.32 Å². The molecule has 3 nitrogen and oxygen atoms in total. The molecule has 0 radical (unpaired) electrons. The summed E-state index contributed by atoms with van der Waals surface area (Å²) in [6, 6.07) is 0. The maximum atomic E-state index is 11.6. The van der Waals surface area contributed by atoms with E-state index < -0.39 is 9.84 Å². The fraction of sp³-hybridized carbons (Fsp3) is 1.00. The molecule has 1 fully saturated rings. The molecule has 1 aliphatic heterocycles. The van der Waals surface area contributed by atoms with Crippen LogP contribution in [0.3, 0.4) is 0 Å². The first-order valence-electron chi connectivity index (χ1n) is 4.23. The minimum atomic E-state index is -2.84. The first-order chi connectivity index (χ1) is 5.31. The molecule has 0 unspecified atom stereocenters. The van der Waals surface area contributed by atoms with Crippen molar-refractivity contribution in [1.29, 1.82) is 0 Å². The lowest BCUT2D eigenvalue weighted by molar-refractivity contribution is 0.442. The second-order valence-corrected chi connectivity index (χ2v) is 6.93. The molecule has 0 saturated carbocycles. The van der Waals surface area contributed by atoms with Gasteiger partial charge in [0.2, 0.25) is 0 Å². The van der Waals surface area contributed by atoms with Gasteiger partial charge < -0.3 is 5.32 Å². The SMILES string of the molecule is CC(C)(C)CS(=O)(=O)C1CNC1. The van der Waals surface area contributed by atoms with Crippen molar-refractivity contribution in [2.24, 2.45) is 5.41 Å². The van der Waals surface area contributed by atoms with Crippen LogP contribution in [0.25, 0.3) is 0 Å². The van der Waals surface area contributed by atoms with Gasteiger partial charge in [-0.25, -0.2) is 8.42 Å². The van der Waals surface area contributed by atoms with Crippen LogP contribution in [-0.4, -0.2) is 32.5 Å². The summed E-state index contributed by atoms with van der Waals surface area (Å²) in [4.78, 5) is 0. The Kier molecular flexibility index (Phi) is 2.50. The van der Waals surface area contributed by atoms with Gasteiger partial charge in [0.15, 0.2) is 9.84 Å². The first-order valence-corrected chi connectivity index (χ1v) is 5.95. The summed E-state index contributed by atoms with van der Waals surface area (Å²) in [5.41, 5.74) is -0.117. The third kappa shape index (κ3) is 2.45. The van der Waals surface area contributed by atoms with Gasteiger partial charge in [-0.3, -0.25) is 0 Å². The molecule has 4 heteroatoms. The Morgan fingerprint density at radius 2 is 1.83 bits per heavy atom. The van der Waals surface area contributed by atoms with E-state index in [0.29, 0.717) is 18.8 Å². The van der Waals surface area contributed by atoms with Crippen molar-refractivity contribution in [3.63, 3.8) is 0 Å². The van der Waals surface area contributed by atoms with E-state index in [9.17, 15) is 8.42 Å². The fourth-order valence-corrected chi connectivity index (χ4v) is 3.42. The minimum absolute atomic E-state index is 0.117. The topological polar surface area (TPSA) is 46.2 Å². The van der Waals surface area contributed by atoms with Crippen molar-refractivity contribution in [3.8, 4) is 0 Å². The Balaban J connectivity index is 2.60. The van der Waals surface area contributed by atoms with E-state index in [0.717, 1.165) is 0 Å². The molecule has 1 saturated heterocycles. The molecule has 0 aliphatic carbocycles. The lowest BCUT2D eigenvalue weighted by Crippen LogP contribution is -2.53. The summed E-state index contributed by atoms with van der Waals surface area (Å²) in [7, 11) is -2.84. The average molecular weight is 191 g/mol. The summed E-state index contributed by atoms with van der Waals surface area (Å²) < 4.78 is 23.2. The summed E-state index contributed by atoms with van der Waals surface area (Å²) in [6.45, 7) is 7.14. The molecule has 0 aromatic rings. The van der Waals surface area contributed by atoms with Gasteiger partial charge in [0, 0.05) is 13.1 Å². The van der Waals surface area contributed by atoms with Crippen molar-refractivity contribution in [2.75, 3.05) is 18.8 Å². The lowest BCUT2D eigenvalue weighted by Gasteiger charge is -2.29. The van der Waals surface area contributed by atoms with Gasteiger partial charge in [-0.2, -0.15) is 0 Å². The quantitative estimate of drug-likeness (QED) is 0.688. The van der Waals surface area contributed by atoms with Crippen LogP contribution in [0.1, 0.15) is 20.8 Å². The zero-order valence-corrected chi connectivity index (χ0v) is 8.74. The zero-order valence-electron chi connectivity index (χ0n) is 7.92. The van der Waals surface area contributed by atoms with Crippen LogP contribution in [0.4, 0.5) is 0 Å². The lowest BCUT2D eigenvalue weighted by atomic mass is 10.0. The van der Waals surface area contributed by atoms with Gasteiger partial charge in [-0.1, -0.05) is 20.8 Å². The smallest absolute Gasteiger partial charge is 0.156 e. The normalized spacial score (nSPS) is 20.6. The summed E-state index contributed by atoms with van der Waals surface area (Å²) in [6.07, 6.45) is 0. The van der Waals surface area contributed by atoms with Gasteiger partial charge >= 0.3 is 0 Å². The highest BCUT2D eigenvalue weighted by Gasteiger charge is 2.33. The highest BCUT2D eigenvalue weighted by atomic mass is 32.2. The monoisotopic (exact) mass is 191 g/mol. The molecule has 1 rings (SSSR count). The third-order valence-electron chi connectivity index (χ3n) is 1.89. The van der Waals surface area contributed by atoms with Crippen molar-refractivity contribution in [1.82, 2.24) is 5.32 Å². The van der Waals surface area contributed by atoms with Crippen molar-refractivity contribution in [2.45, 2.75) is 26.0 Å². The molecule has 0 aromatic carbocycles. The molecular formula is C8H17NO2S. The van der Waals surface area contributed by atoms with E-state index in [1.165, 1.54) is 0 Å². The van der Waals surface area contributed by atoms with Crippen LogP contribution in [0.2, 0.25) is 0 Å². The van der Waals surface area contributed by atoms with E-state index in [1.54, 1.807) is 0 Å². The third-order valence-corrected chi connectivity index (χ3v) is 4.50. The van der Waals surface area contributed by atoms with Crippen LogP contribution in [0.5, 0.6) is 0 Å². The van der Waals surface area contributed by atoms with Gasteiger partial charge in [-0.15, -0.1) is 0 Å². The summed E-state index contributed by atoms with van der Waals surface area (Å²) >= 11 is 0. The Bertz CT molecular complexity index is 247. The molecule has 0 spiro atoms. The Morgan fingerprint density at radius 3 is 2.08 bits per heavy atom. The molecule has 72 valence electrons. The van der Waals surface area contributed by atoms with Crippen LogP contribution in [0.15, 0.2) is 0 Å². The second kappa shape index (κ2) is 3.00. The molecule has 0 aromatic heterocycles. The number of hydrogen-bond donors (Lipinski definition) is 1. The first kappa shape index (κ1) is 9.99. The maximum absolute atomic E-state index is 11.6. The Labute approximate surface area is 74.5 Å². The van der Waals surface area contributed by atoms with E-state index >= 15 is 0 Å². The van der Waals surface area contributed by atoms with Crippen LogP contribution >= 0.6 is 0 Å². The average Bonchev–Trinajstić information content (AvgIpc) is 1.45. The van der Waals surface area contributed by atoms with E-state index in [4.69, 9.17) is 0 Å². The zero-order chi connectivity index (χ0) is 9.41. The Morgan fingerprint density at radius 1 is 1.33 bits per heavy atom. The predicted octanol–water partition coefficient (Wildman–Crippen LogP) is 0.419. The van der Waals surface area contributed by atoms with Gasteiger partial charge in [0.1, 0.15) is 0 Å². The fourth-order valence-electron chi connectivity index (χ4n) is 1.24. The molecule has 0 atom stereocenters. The molecule has 12 heavy (non-hydrogen) atoms. The summed E-state index contributed by atoms with van der Waals surface area (Å²) in [5.74, 6) is 0.298. The van der Waals surface area contributed by atoms with Gasteiger partial charge in [0.25, 0.3) is 0 Å². The van der Waals surface area contributed by atoms with Gasteiger partial charge in [-0.05, 0) is 5.41 Å². The van der Waals surface area contributed by atoms with E-state index in [1.807, 2.05) is 20.8 Å². The van der Waals surface area contributed by atoms with Gasteiger partial charge in [0.05, 0.1) is 11.0 Å². The second-order valence-electron chi connectivity index (χ2n) is 4.65. The molecule has 1 aliphatic rings. The number of rotatable bonds is 2. The highest BCUT2D eigenvalue weighted by Crippen LogP contribution is 2.20. The van der Waals surface area contributed by atoms with Crippen LogP contribution < -0.4 is 5.32 Å².